The standard InChI is InChI=1S/C20H26N4O3/c1-26-17-9-16(10-18(11-17)27-2)20(25)23-12-15-5-3-8-24(13-15)14-19-21-6-4-7-22-19/h4,6-7,9-11,15H,3,5,8,12-14H2,1-2H3,(H,23,25)/t15-/m1/s1. The van der Waals surface area contributed by atoms with Crippen molar-refractivity contribution in [1.82, 2.24) is 20.2 Å². The van der Waals surface area contributed by atoms with E-state index in [9.17, 15) is 4.79 Å². The Morgan fingerprint density at radius 1 is 1.19 bits per heavy atom. The molecule has 2 heterocycles. The first-order valence-corrected chi connectivity index (χ1v) is 9.17. The summed E-state index contributed by atoms with van der Waals surface area (Å²) in [5, 5.41) is 3.05. The lowest BCUT2D eigenvalue weighted by Crippen LogP contribution is -2.40. The lowest BCUT2D eigenvalue weighted by Gasteiger charge is -2.32. The SMILES string of the molecule is COc1cc(OC)cc(C(=O)NC[C@H]2CCCN(Cc3ncccn3)C2)c1. The Balaban J connectivity index is 1.54. The minimum Gasteiger partial charge on any atom is -0.497 e. The summed E-state index contributed by atoms with van der Waals surface area (Å²) < 4.78 is 10.5. The molecule has 0 saturated carbocycles. The second-order valence-electron chi connectivity index (χ2n) is 6.72. The number of likely N-dealkylation sites (tertiary alicyclic amines) is 1. The van der Waals surface area contributed by atoms with Crippen LogP contribution in [-0.4, -0.2) is 54.6 Å². The molecule has 1 N–H and O–H groups in total. The van der Waals surface area contributed by atoms with Crippen LogP contribution in [0, 0.1) is 5.92 Å². The fraction of sp³-hybridized carbons (Fsp3) is 0.450. The number of rotatable bonds is 7. The molecule has 0 radical (unpaired) electrons. The van der Waals surface area contributed by atoms with E-state index in [2.05, 4.69) is 20.2 Å². The van der Waals surface area contributed by atoms with Crippen molar-refractivity contribution in [1.29, 1.82) is 0 Å². The van der Waals surface area contributed by atoms with E-state index >= 15 is 0 Å². The van der Waals surface area contributed by atoms with Crippen LogP contribution in [0.4, 0.5) is 0 Å². The van der Waals surface area contributed by atoms with Gasteiger partial charge >= 0.3 is 0 Å². The van der Waals surface area contributed by atoms with Gasteiger partial charge in [0.25, 0.3) is 5.91 Å². The van der Waals surface area contributed by atoms with Gasteiger partial charge in [-0.2, -0.15) is 0 Å². The second-order valence-corrected chi connectivity index (χ2v) is 6.72. The third kappa shape index (κ3) is 5.40. The molecule has 3 rings (SSSR count). The fourth-order valence-corrected chi connectivity index (χ4v) is 3.35. The Kier molecular flexibility index (Phi) is 6.59. The molecule has 0 spiro atoms. The minimum absolute atomic E-state index is 0.115. The fourth-order valence-electron chi connectivity index (χ4n) is 3.35. The Labute approximate surface area is 159 Å². The maximum Gasteiger partial charge on any atom is 0.251 e. The first-order valence-electron chi connectivity index (χ1n) is 9.17. The van der Waals surface area contributed by atoms with Gasteiger partial charge in [-0.05, 0) is 43.5 Å². The van der Waals surface area contributed by atoms with Crippen LogP contribution in [0.3, 0.4) is 0 Å². The van der Waals surface area contributed by atoms with Crippen LogP contribution in [0.5, 0.6) is 11.5 Å². The molecule has 1 aromatic carbocycles. The number of ether oxygens (including phenoxy) is 2. The highest BCUT2D eigenvalue weighted by molar-refractivity contribution is 5.95. The average Bonchev–Trinajstić information content (AvgIpc) is 2.72. The van der Waals surface area contributed by atoms with E-state index in [1.807, 2.05) is 6.07 Å². The Bertz CT molecular complexity index is 732. The molecule has 1 fully saturated rings. The summed E-state index contributed by atoms with van der Waals surface area (Å²) in [5.41, 5.74) is 0.538. The molecular weight excluding hydrogens is 344 g/mol. The number of carbonyl (C=O) groups is 1. The highest BCUT2D eigenvalue weighted by Crippen LogP contribution is 2.23. The molecule has 7 nitrogen and oxygen atoms in total. The number of carbonyl (C=O) groups excluding carboxylic acids is 1. The van der Waals surface area contributed by atoms with Crippen molar-refractivity contribution in [3.8, 4) is 11.5 Å². The van der Waals surface area contributed by atoms with Gasteiger partial charge in [-0.3, -0.25) is 9.69 Å². The van der Waals surface area contributed by atoms with E-state index in [4.69, 9.17) is 9.47 Å². The van der Waals surface area contributed by atoms with Crippen molar-refractivity contribution in [3.05, 3.63) is 48.0 Å². The number of methoxy groups -OCH3 is 2. The van der Waals surface area contributed by atoms with Gasteiger partial charge in [0, 0.05) is 37.1 Å². The first-order chi connectivity index (χ1) is 13.2. The van der Waals surface area contributed by atoms with Crippen molar-refractivity contribution < 1.29 is 14.3 Å². The molecule has 0 aliphatic carbocycles. The molecule has 1 aromatic heterocycles. The summed E-state index contributed by atoms with van der Waals surface area (Å²) in [6, 6.07) is 7.02. The van der Waals surface area contributed by atoms with E-state index in [1.54, 1.807) is 44.8 Å². The molecular formula is C20H26N4O3. The zero-order valence-corrected chi connectivity index (χ0v) is 15.9. The summed E-state index contributed by atoms with van der Waals surface area (Å²) in [6.07, 6.45) is 5.76. The third-order valence-electron chi connectivity index (χ3n) is 4.75. The number of piperidine rings is 1. The average molecular weight is 370 g/mol. The molecule has 1 saturated heterocycles. The predicted molar refractivity (Wildman–Crippen MR) is 102 cm³/mol. The molecule has 1 aliphatic heterocycles. The van der Waals surface area contributed by atoms with Gasteiger partial charge in [0.1, 0.15) is 17.3 Å². The molecule has 1 aliphatic rings. The van der Waals surface area contributed by atoms with Crippen LogP contribution < -0.4 is 14.8 Å². The minimum atomic E-state index is -0.115. The summed E-state index contributed by atoms with van der Waals surface area (Å²) in [5.74, 6) is 2.35. The number of nitrogens with one attached hydrogen (secondary N) is 1. The molecule has 0 unspecified atom stereocenters. The van der Waals surface area contributed by atoms with Crippen molar-refractivity contribution >= 4 is 5.91 Å². The number of hydrogen-bond donors (Lipinski definition) is 1. The normalized spacial score (nSPS) is 17.3. The number of hydrogen-bond acceptors (Lipinski definition) is 6. The molecule has 1 atom stereocenters. The highest BCUT2D eigenvalue weighted by Gasteiger charge is 2.21. The maximum atomic E-state index is 12.5. The Hall–Kier alpha value is -2.67. The molecule has 27 heavy (non-hydrogen) atoms. The summed E-state index contributed by atoms with van der Waals surface area (Å²) in [6.45, 7) is 3.36. The number of benzene rings is 1. The maximum absolute atomic E-state index is 12.5. The van der Waals surface area contributed by atoms with Gasteiger partial charge in [0.15, 0.2) is 0 Å². The van der Waals surface area contributed by atoms with Gasteiger partial charge < -0.3 is 14.8 Å². The van der Waals surface area contributed by atoms with Crippen LogP contribution >= 0.6 is 0 Å². The Morgan fingerprint density at radius 2 is 1.89 bits per heavy atom. The number of amides is 1. The first kappa shape index (κ1) is 19.1. The molecule has 2 aromatic rings. The highest BCUT2D eigenvalue weighted by atomic mass is 16.5. The number of nitrogens with zero attached hydrogens (tertiary/aromatic N) is 3. The van der Waals surface area contributed by atoms with Crippen LogP contribution in [0.1, 0.15) is 29.0 Å². The van der Waals surface area contributed by atoms with Crippen LogP contribution in [0.25, 0.3) is 0 Å². The zero-order chi connectivity index (χ0) is 19.1. The Morgan fingerprint density at radius 3 is 2.56 bits per heavy atom. The van der Waals surface area contributed by atoms with Gasteiger partial charge in [0.2, 0.25) is 0 Å². The predicted octanol–water partition coefficient (Wildman–Crippen LogP) is 2.14. The summed E-state index contributed by atoms with van der Waals surface area (Å²) in [7, 11) is 3.15. The van der Waals surface area contributed by atoms with Gasteiger partial charge in [-0.25, -0.2) is 9.97 Å². The van der Waals surface area contributed by atoms with E-state index in [0.717, 1.165) is 38.3 Å². The van der Waals surface area contributed by atoms with Gasteiger partial charge in [-0.15, -0.1) is 0 Å². The van der Waals surface area contributed by atoms with E-state index in [1.165, 1.54) is 0 Å². The van der Waals surface area contributed by atoms with Crippen molar-refractivity contribution in [2.75, 3.05) is 33.9 Å². The number of aromatic nitrogens is 2. The van der Waals surface area contributed by atoms with Gasteiger partial charge in [-0.1, -0.05) is 0 Å². The molecule has 1 amide bonds. The van der Waals surface area contributed by atoms with Crippen LogP contribution in [0.15, 0.2) is 36.7 Å². The molecule has 144 valence electrons. The van der Waals surface area contributed by atoms with Crippen molar-refractivity contribution in [2.45, 2.75) is 19.4 Å². The second kappa shape index (κ2) is 9.32. The quantitative estimate of drug-likeness (QED) is 0.805. The van der Waals surface area contributed by atoms with Crippen molar-refractivity contribution in [3.63, 3.8) is 0 Å². The van der Waals surface area contributed by atoms with E-state index in [-0.39, 0.29) is 5.91 Å². The summed E-state index contributed by atoms with van der Waals surface area (Å²) >= 11 is 0. The molecule has 7 heteroatoms. The summed E-state index contributed by atoms with van der Waals surface area (Å²) in [4.78, 5) is 23.5. The smallest absolute Gasteiger partial charge is 0.251 e. The topological polar surface area (TPSA) is 76.6 Å². The van der Waals surface area contributed by atoms with Crippen LogP contribution in [0.2, 0.25) is 0 Å². The lowest BCUT2D eigenvalue weighted by molar-refractivity contribution is 0.0929. The zero-order valence-electron chi connectivity index (χ0n) is 15.9. The van der Waals surface area contributed by atoms with Crippen LogP contribution in [-0.2, 0) is 6.54 Å². The van der Waals surface area contributed by atoms with Gasteiger partial charge in [0.05, 0.1) is 20.8 Å². The largest absolute Gasteiger partial charge is 0.497 e. The van der Waals surface area contributed by atoms with E-state index in [0.29, 0.717) is 29.5 Å². The van der Waals surface area contributed by atoms with E-state index < -0.39 is 0 Å². The monoisotopic (exact) mass is 370 g/mol. The lowest BCUT2D eigenvalue weighted by atomic mass is 9.98. The van der Waals surface area contributed by atoms with Crippen molar-refractivity contribution in [2.24, 2.45) is 5.92 Å². The third-order valence-corrected chi connectivity index (χ3v) is 4.75. The molecule has 0 bridgehead atoms.